The number of carbonyl (C=O) groups is 12. The van der Waals surface area contributed by atoms with Crippen LogP contribution in [0.2, 0.25) is 0 Å². The average Bonchev–Trinajstić information content (AvgIpc) is 3.40. The van der Waals surface area contributed by atoms with Crippen LogP contribution >= 0.6 is 64.8 Å². The number of rotatable bonds is 13. The molecule has 476 valence electrons. The Labute approximate surface area is 527 Å². The summed E-state index contributed by atoms with van der Waals surface area (Å²) in [6.07, 6.45) is -2.92. The van der Waals surface area contributed by atoms with E-state index in [4.69, 9.17) is 5.73 Å². The van der Waals surface area contributed by atoms with Gasteiger partial charge in [-0.1, -0.05) is 89.0 Å². The van der Waals surface area contributed by atoms with Crippen molar-refractivity contribution >= 4 is 135 Å². The van der Waals surface area contributed by atoms with Gasteiger partial charge in [-0.25, -0.2) is 0 Å². The number of fused-ring (bicyclic) bond motifs is 14. The van der Waals surface area contributed by atoms with Crippen LogP contribution in [0.1, 0.15) is 70.4 Å². The smallest absolute Gasteiger partial charge is 0.303 e. The number of Topliss-reactive ketones (excluding diaryl/α,β-unsaturated/α-hetero) is 6. The Hall–Kier alpha value is -5.22. The molecule has 2 aromatic rings. The number of nitrogens with one attached hydrogen (secondary N) is 7. The van der Waals surface area contributed by atoms with Crippen LogP contribution in [0, 0.1) is 5.92 Å². The van der Waals surface area contributed by atoms with Gasteiger partial charge in [0.15, 0.2) is 17.3 Å². The number of aliphatic hydroxyl groups is 1. The molecule has 25 nitrogen and oxygen atoms in total. The first-order valence-corrected chi connectivity index (χ1v) is 35.7. The topological polar surface area (TPSA) is 399 Å². The molecule has 87 heavy (non-hydrogen) atoms. The molecule has 5 saturated heterocycles. The number of carboxylic acids is 1. The van der Waals surface area contributed by atoms with E-state index in [1.54, 1.807) is 12.1 Å². The number of nitrogens with two attached hydrogens (primary N) is 1. The SMILES string of the molecule is CC(=O)[C@H](Cc1ccc(O)cc1)NC1CSSCC2C(=O)[C@H](Cc3ccc(O)cc3)NC(=O)[C@H](CCC(=O)O)NC3CSSCC(N[C@@H]([C@@H](C)O)C(=O)NCC1=O)C(=O)[C@H](C)NC(=O)[C@@H]1CCCN1C(=O)[C@H](CC(N)=O)NC2CCSSCC(=O)C3=O. The van der Waals surface area contributed by atoms with Crippen LogP contribution in [0.5, 0.6) is 11.5 Å². The molecule has 0 saturated carbocycles. The summed E-state index contributed by atoms with van der Waals surface area (Å²) in [4.78, 5) is 172. The highest BCUT2D eigenvalue weighted by atomic mass is 33.1. The Morgan fingerprint density at radius 2 is 1.38 bits per heavy atom. The molecule has 5 fully saturated rings. The highest BCUT2D eigenvalue weighted by Crippen LogP contribution is 2.33. The van der Waals surface area contributed by atoms with Crippen molar-refractivity contribution < 1.29 is 78.0 Å². The fourth-order valence-electron chi connectivity index (χ4n) is 10.3. The van der Waals surface area contributed by atoms with Crippen LogP contribution in [0.3, 0.4) is 0 Å². The van der Waals surface area contributed by atoms with Gasteiger partial charge in [-0.15, -0.1) is 0 Å². The second-order valence-electron chi connectivity index (χ2n) is 21.6. The zero-order valence-electron chi connectivity index (χ0n) is 48.1. The molecule has 5 aliphatic rings. The van der Waals surface area contributed by atoms with E-state index in [0.717, 1.165) is 54.0 Å². The number of aliphatic hydroxyl groups excluding tert-OH is 1. The molecule has 0 spiro atoms. The summed E-state index contributed by atoms with van der Waals surface area (Å²) in [5.41, 5.74) is 6.94. The number of hydrogen-bond donors (Lipinski definition) is 12. The van der Waals surface area contributed by atoms with Crippen molar-refractivity contribution in [3.63, 3.8) is 0 Å². The van der Waals surface area contributed by atoms with E-state index < -0.39 is 169 Å². The Kier molecular flexibility index (Phi) is 28.2. The number of aromatic hydroxyl groups is 2. The molecule has 13 atom stereocenters. The first-order chi connectivity index (χ1) is 41.4. The molecule has 5 aliphatic heterocycles. The molecule has 5 amide bonds. The Morgan fingerprint density at radius 3 is 2.02 bits per heavy atom. The van der Waals surface area contributed by atoms with Crippen molar-refractivity contribution in [1.82, 2.24) is 42.1 Å². The maximum absolute atomic E-state index is 16.0. The Balaban J connectivity index is 1.58. The van der Waals surface area contributed by atoms with E-state index in [2.05, 4.69) is 37.2 Å². The lowest BCUT2D eigenvalue weighted by molar-refractivity contribution is -0.142. The van der Waals surface area contributed by atoms with Crippen molar-refractivity contribution in [3.05, 3.63) is 59.7 Å². The molecule has 0 aromatic heterocycles. The quantitative estimate of drug-likeness (QED) is 0.0930. The molecule has 2 aromatic carbocycles. The number of amides is 5. The maximum atomic E-state index is 16.0. The normalized spacial score (nSPS) is 28.6. The maximum Gasteiger partial charge on any atom is 0.303 e. The summed E-state index contributed by atoms with van der Waals surface area (Å²) >= 11 is 0. The minimum absolute atomic E-state index is 0.00917. The fourth-order valence-corrected chi connectivity index (χ4v) is 17.2. The monoisotopic (exact) mass is 1320 g/mol. The van der Waals surface area contributed by atoms with Crippen LogP contribution in [0.4, 0.5) is 0 Å². The summed E-state index contributed by atoms with van der Waals surface area (Å²) in [5, 5.41) is 61.7. The van der Waals surface area contributed by atoms with Gasteiger partial charge in [0.1, 0.15) is 29.4 Å². The number of aliphatic carboxylic acids is 1. The number of phenols is 2. The van der Waals surface area contributed by atoms with Crippen LogP contribution in [-0.2, 0) is 70.4 Å². The number of hydrogen-bond acceptors (Lipinski definition) is 25. The highest BCUT2D eigenvalue weighted by molar-refractivity contribution is 8.77. The largest absolute Gasteiger partial charge is 0.508 e. The summed E-state index contributed by atoms with van der Waals surface area (Å²) in [5.74, 6) is -12.2. The second kappa shape index (κ2) is 34.7. The number of phenolic OH excluding ortho intramolecular Hbond substituents is 2. The number of primary amides is 1. The number of nitrogens with zero attached hydrogens (tertiary/aromatic N) is 1. The first kappa shape index (κ1) is 70.9. The molecular weight excluding hydrogens is 1250 g/mol. The van der Waals surface area contributed by atoms with Crippen LogP contribution in [0.15, 0.2) is 48.5 Å². The van der Waals surface area contributed by atoms with Gasteiger partial charge in [0.05, 0.1) is 73.2 Å². The van der Waals surface area contributed by atoms with Gasteiger partial charge in [-0.3, -0.25) is 73.5 Å². The summed E-state index contributed by atoms with van der Waals surface area (Å²) in [7, 11) is 6.32. The predicted molar refractivity (Wildman–Crippen MR) is 335 cm³/mol. The third kappa shape index (κ3) is 21.5. The van der Waals surface area contributed by atoms with Crippen LogP contribution in [-0.4, -0.2) is 216 Å². The van der Waals surface area contributed by atoms with Crippen molar-refractivity contribution in [2.75, 3.05) is 47.6 Å². The number of carbonyl (C=O) groups excluding carboxylic acids is 11. The minimum Gasteiger partial charge on any atom is -0.508 e. The molecule has 0 aliphatic carbocycles. The third-order valence-electron chi connectivity index (χ3n) is 15.1. The Bertz CT molecular complexity index is 2820. The van der Waals surface area contributed by atoms with E-state index in [-0.39, 0.29) is 84.0 Å². The predicted octanol–water partition coefficient (Wildman–Crippen LogP) is 0.0337. The molecular formula is C56H75N9O16S6. The van der Waals surface area contributed by atoms with E-state index >= 15 is 9.59 Å². The molecule has 13 N–H and O–H groups in total. The van der Waals surface area contributed by atoms with Crippen molar-refractivity contribution in [2.24, 2.45) is 11.7 Å². The van der Waals surface area contributed by atoms with Crippen molar-refractivity contribution in [3.8, 4) is 11.5 Å². The minimum atomic E-state index is -1.60. The fraction of sp³-hybridized carbons (Fsp3) is 0.571. The Morgan fingerprint density at radius 1 is 0.736 bits per heavy atom. The lowest BCUT2D eigenvalue weighted by atomic mass is 9.87. The van der Waals surface area contributed by atoms with E-state index in [1.807, 2.05) is 0 Å². The van der Waals surface area contributed by atoms with Gasteiger partial charge >= 0.3 is 5.97 Å². The zero-order chi connectivity index (χ0) is 63.5. The van der Waals surface area contributed by atoms with Gasteiger partial charge in [-0.2, -0.15) is 0 Å². The van der Waals surface area contributed by atoms with Crippen molar-refractivity contribution in [2.45, 2.75) is 145 Å². The highest BCUT2D eigenvalue weighted by Gasteiger charge is 2.44. The number of benzene rings is 2. The summed E-state index contributed by atoms with van der Waals surface area (Å²) in [6.45, 7) is 3.35. The summed E-state index contributed by atoms with van der Waals surface area (Å²) in [6, 6.07) is -2.95. The van der Waals surface area contributed by atoms with E-state index in [0.29, 0.717) is 17.5 Å². The molecule has 4 bridgehead atoms. The van der Waals surface area contributed by atoms with Gasteiger partial charge < -0.3 is 52.3 Å². The van der Waals surface area contributed by atoms with Crippen LogP contribution in [0.25, 0.3) is 0 Å². The third-order valence-corrected chi connectivity index (χ3v) is 22.2. The molecule has 7 rings (SSSR count). The van der Waals surface area contributed by atoms with Gasteiger partial charge in [0, 0.05) is 53.7 Å². The zero-order valence-corrected chi connectivity index (χ0v) is 53.0. The molecule has 5 heterocycles. The summed E-state index contributed by atoms with van der Waals surface area (Å²) < 4.78 is 0. The van der Waals surface area contributed by atoms with Gasteiger partial charge in [0.25, 0.3) is 0 Å². The van der Waals surface area contributed by atoms with Gasteiger partial charge in [0.2, 0.25) is 41.1 Å². The van der Waals surface area contributed by atoms with Crippen molar-refractivity contribution in [1.29, 1.82) is 0 Å². The lowest BCUT2D eigenvalue weighted by Gasteiger charge is -2.35. The number of ketones is 6. The van der Waals surface area contributed by atoms with E-state index in [1.165, 1.54) is 72.9 Å². The molecule has 31 heteroatoms. The average molecular weight is 1320 g/mol. The molecule has 5 unspecified atom stereocenters. The van der Waals surface area contributed by atoms with Crippen LogP contribution < -0.4 is 43.0 Å². The second-order valence-corrected chi connectivity index (χ2v) is 29.3. The molecule has 0 radical (unpaired) electrons. The van der Waals surface area contributed by atoms with Gasteiger partial charge in [-0.05, 0) is 94.7 Å². The standard InChI is InChI=1S/C56H75N9O16S6/c1-28-50(75)42-25-85-86-26-43-52(77)46(71)27-87-82-18-16-36(60-40(21-47(57)72)56(81)65-17-4-5-44(65)54(79)59-28)35(51(76)39(20-32-8-12-34(69)13-9-32)64-53(78)37(61-43)14-15-48(73)74)23-83-84-24-41(45(70)22-58-55(80)49(63-42)30(3)67)62-38(29(2)66)19-31-6-10-33(68)11-7-31/h6-13,28,30,35-44,49,60-63,67-69H,4-5,14-27H2,1-3H3,(H2,57,72)(H,58,80)(H,59,79)(H,64,78)(H,73,74)/t28-,30+,35?,36?,37-,38-,39-,40-,41?,42?,43?,44-,49-/m0/s1. The van der Waals surface area contributed by atoms with E-state index in [9.17, 15) is 68.4 Å². The lowest BCUT2D eigenvalue weighted by Crippen LogP contribution is -2.61. The number of carboxylic acid groups (broad SMARTS) is 1. The first-order valence-electron chi connectivity index (χ1n) is 28.3.